The van der Waals surface area contributed by atoms with Crippen LogP contribution in [-0.2, 0) is 6.54 Å². The van der Waals surface area contributed by atoms with Gasteiger partial charge in [0.25, 0.3) is 0 Å². The lowest BCUT2D eigenvalue weighted by molar-refractivity contribution is 0.682. The lowest BCUT2D eigenvalue weighted by Gasteiger charge is -2.19. The van der Waals surface area contributed by atoms with Crippen LogP contribution in [0.5, 0.6) is 0 Å². The van der Waals surface area contributed by atoms with Crippen molar-refractivity contribution in [1.82, 2.24) is 15.6 Å². The van der Waals surface area contributed by atoms with Crippen molar-refractivity contribution in [3.05, 3.63) is 63.4 Å². The molecule has 0 saturated heterocycles. The van der Waals surface area contributed by atoms with Gasteiger partial charge in [-0.25, -0.2) is 0 Å². The minimum Gasteiger partial charge on any atom is -0.351 e. The van der Waals surface area contributed by atoms with Gasteiger partial charge in [0.2, 0.25) is 0 Å². The first kappa shape index (κ1) is 21.0. The summed E-state index contributed by atoms with van der Waals surface area (Å²) in [7, 11) is 1.73. The molecule has 2 N–H and O–H groups in total. The average molecular weight is 479 g/mol. The molecular weight excluding hydrogens is 458 g/mol. The van der Waals surface area contributed by atoms with Crippen LogP contribution in [0.25, 0.3) is 0 Å². The van der Waals surface area contributed by atoms with E-state index in [-0.39, 0.29) is 30.0 Å². The molecule has 1 unspecified atom stereocenters. The maximum atomic E-state index is 6.25. The molecule has 1 aromatic carbocycles. The molecule has 0 aliphatic rings. The highest BCUT2D eigenvalue weighted by molar-refractivity contribution is 14.0. The highest BCUT2D eigenvalue weighted by atomic mass is 127. The van der Waals surface area contributed by atoms with E-state index in [4.69, 9.17) is 23.2 Å². The van der Waals surface area contributed by atoms with Gasteiger partial charge in [0.05, 0.1) is 18.3 Å². The van der Waals surface area contributed by atoms with Gasteiger partial charge < -0.3 is 10.6 Å². The molecule has 0 aliphatic heterocycles. The van der Waals surface area contributed by atoms with Crippen molar-refractivity contribution >= 4 is 53.1 Å². The fraction of sp³-hybridized carbons (Fsp3) is 0.294. The summed E-state index contributed by atoms with van der Waals surface area (Å²) in [5, 5.41) is 7.84. The number of nitrogens with zero attached hydrogens (tertiary/aromatic N) is 2. The van der Waals surface area contributed by atoms with Crippen LogP contribution in [-0.4, -0.2) is 18.0 Å². The number of hydrogen-bond acceptors (Lipinski definition) is 2. The van der Waals surface area contributed by atoms with Gasteiger partial charge in [-0.1, -0.05) is 35.3 Å². The number of aliphatic imine (C=N–C) groups is 1. The first-order chi connectivity index (χ1) is 11.0. The van der Waals surface area contributed by atoms with E-state index in [0.29, 0.717) is 22.5 Å². The number of halogens is 3. The van der Waals surface area contributed by atoms with E-state index in [2.05, 4.69) is 20.6 Å². The Hall–Kier alpha value is -1.05. The van der Waals surface area contributed by atoms with Crippen LogP contribution < -0.4 is 10.6 Å². The van der Waals surface area contributed by atoms with Gasteiger partial charge in [-0.2, -0.15) is 0 Å². The van der Waals surface area contributed by atoms with Gasteiger partial charge in [0.1, 0.15) is 0 Å². The van der Waals surface area contributed by atoms with Crippen LogP contribution in [0.2, 0.25) is 10.0 Å². The third-order valence-corrected chi connectivity index (χ3v) is 4.11. The van der Waals surface area contributed by atoms with Crippen LogP contribution in [0.4, 0.5) is 0 Å². The Morgan fingerprint density at radius 2 is 2.04 bits per heavy atom. The average Bonchev–Trinajstić information content (AvgIpc) is 2.52. The van der Waals surface area contributed by atoms with Crippen molar-refractivity contribution < 1.29 is 0 Å². The predicted octanol–water partition coefficient (Wildman–Crippen LogP) is 4.74. The molecule has 0 aliphatic carbocycles. The Labute approximate surface area is 170 Å². The molecule has 24 heavy (non-hydrogen) atoms. The van der Waals surface area contributed by atoms with E-state index < -0.39 is 0 Å². The molecule has 0 saturated carbocycles. The number of aryl methyl sites for hydroxylation is 1. The summed E-state index contributed by atoms with van der Waals surface area (Å²) in [6.07, 6.45) is 1.79. The molecule has 1 aromatic heterocycles. The highest BCUT2D eigenvalue weighted by Crippen LogP contribution is 2.25. The largest absolute Gasteiger partial charge is 0.351 e. The Kier molecular flexibility index (Phi) is 8.80. The molecule has 0 fully saturated rings. The summed E-state index contributed by atoms with van der Waals surface area (Å²) in [5.74, 6) is 0.688. The normalized spacial score (nSPS) is 12.3. The summed E-state index contributed by atoms with van der Waals surface area (Å²) in [5.41, 5.74) is 3.10. The van der Waals surface area contributed by atoms with Crippen molar-refractivity contribution in [1.29, 1.82) is 0 Å². The van der Waals surface area contributed by atoms with Gasteiger partial charge in [0, 0.05) is 23.3 Å². The maximum Gasteiger partial charge on any atom is 0.191 e. The number of hydrogen-bond donors (Lipinski definition) is 2. The van der Waals surface area contributed by atoms with Crippen molar-refractivity contribution in [3.8, 4) is 0 Å². The summed E-state index contributed by atoms with van der Waals surface area (Å²) in [4.78, 5) is 8.61. The SMILES string of the molecule is CN=C(NCc1ncccc1C)NC(C)c1ccc(Cl)cc1Cl.I. The molecule has 2 rings (SSSR count). The zero-order valence-corrected chi connectivity index (χ0v) is 17.6. The zero-order valence-electron chi connectivity index (χ0n) is 13.8. The summed E-state index contributed by atoms with van der Waals surface area (Å²) < 4.78 is 0. The minimum atomic E-state index is -0.00389. The smallest absolute Gasteiger partial charge is 0.191 e. The van der Waals surface area contributed by atoms with E-state index in [9.17, 15) is 0 Å². The first-order valence-electron chi connectivity index (χ1n) is 7.34. The van der Waals surface area contributed by atoms with E-state index >= 15 is 0 Å². The van der Waals surface area contributed by atoms with Gasteiger partial charge in [-0.05, 0) is 43.2 Å². The molecule has 7 heteroatoms. The number of aromatic nitrogens is 1. The van der Waals surface area contributed by atoms with E-state index in [0.717, 1.165) is 16.8 Å². The van der Waals surface area contributed by atoms with Crippen LogP contribution in [0.3, 0.4) is 0 Å². The van der Waals surface area contributed by atoms with Crippen molar-refractivity contribution in [2.75, 3.05) is 7.05 Å². The molecule has 1 atom stereocenters. The van der Waals surface area contributed by atoms with Gasteiger partial charge in [-0.15, -0.1) is 24.0 Å². The van der Waals surface area contributed by atoms with Crippen molar-refractivity contribution in [2.45, 2.75) is 26.4 Å². The van der Waals surface area contributed by atoms with Crippen molar-refractivity contribution in [2.24, 2.45) is 4.99 Å². The molecule has 2 aromatic rings. The second kappa shape index (κ2) is 10.1. The van der Waals surface area contributed by atoms with Gasteiger partial charge >= 0.3 is 0 Å². The maximum absolute atomic E-state index is 6.25. The Balaban J connectivity index is 0.00000288. The summed E-state index contributed by atoms with van der Waals surface area (Å²) in [6, 6.07) is 9.44. The van der Waals surface area contributed by atoms with Crippen LogP contribution >= 0.6 is 47.2 Å². The predicted molar refractivity (Wildman–Crippen MR) is 113 cm³/mol. The van der Waals surface area contributed by atoms with Crippen LogP contribution in [0.1, 0.15) is 29.8 Å². The zero-order chi connectivity index (χ0) is 16.8. The molecule has 0 bridgehead atoms. The second-order valence-electron chi connectivity index (χ2n) is 5.22. The number of nitrogens with one attached hydrogen (secondary N) is 2. The molecule has 4 nitrogen and oxygen atoms in total. The highest BCUT2D eigenvalue weighted by Gasteiger charge is 2.12. The molecule has 0 radical (unpaired) electrons. The van der Waals surface area contributed by atoms with E-state index in [1.165, 1.54) is 0 Å². The second-order valence-corrected chi connectivity index (χ2v) is 6.07. The third kappa shape index (κ3) is 5.79. The van der Waals surface area contributed by atoms with E-state index in [1.54, 1.807) is 19.3 Å². The summed E-state index contributed by atoms with van der Waals surface area (Å²) >= 11 is 12.2. The van der Waals surface area contributed by atoms with Gasteiger partial charge in [-0.3, -0.25) is 9.98 Å². The lowest BCUT2D eigenvalue weighted by atomic mass is 10.1. The number of rotatable bonds is 4. The lowest BCUT2D eigenvalue weighted by Crippen LogP contribution is -2.38. The fourth-order valence-corrected chi connectivity index (χ4v) is 2.77. The summed E-state index contributed by atoms with van der Waals surface area (Å²) in [6.45, 7) is 4.66. The number of pyridine rings is 1. The first-order valence-corrected chi connectivity index (χ1v) is 8.09. The molecule has 1 heterocycles. The topological polar surface area (TPSA) is 49.3 Å². The van der Waals surface area contributed by atoms with E-state index in [1.807, 2.05) is 38.1 Å². The number of benzene rings is 1. The Morgan fingerprint density at radius 3 is 2.67 bits per heavy atom. The minimum absolute atomic E-state index is 0. The molecular formula is C17H21Cl2IN4. The van der Waals surface area contributed by atoms with Gasteiger partial charge in [0.15, 0.2) is 5.96 Å². The Morgan fingerprint density at radius 1 is 1.29 bits per heavy atom. The fourth-order valence-electron chi connectivity index (χ4n) is 2.20. The molecule has 0 spiro atoms. The number of guanidine groups is 1. The third-order valence-electron chi connectivity index (χ3n) is 3.55. The van der Waals surface area contributed by atoms with Crippen molar-refractivity contribution in [3.63, 3.8) is 0 Å². The molecule has 0 amide bonds. The van der Waals surface area contributed by atoms with Crippen LogP contribution in [0, 0.1) is 6.92 Å². The monoisotopic (exact) mass is 478 g/mol. The standard InChI is InChI=1S/C17H20Cl2N4.HI/c1-11-5-4-8-21-16(11)10-22-17(20-3)23-12(2)14-7-6-13(18)9-15(14)19;/h4-9,12H,10H2,1-3H3,(H2,20,22,23);1H. The molecule has 130 valence electrons. The van der Waals surface area contributed by atoms with Crippen LogP contribution in [0.15, 0.2) is 41.5 Å². The Bertz CT molecular complexity index is 707. The quantitative estimate of drug-likeness (QED) is 0.379.